The number of rotatable bonds is 4. The Morgan fingerprint density at radius 1 is 0.818 bits per heavy atom. The summed E-state index contributed by atoms with van der Waals surface area (Å²) in [5, 5.41) is 19.7. The third-order valence-electron chi connectivity index (χ3n) is 4.96. The van der Waals surface area contributed by atoms with Crippen LogP contribution in [0.3, 0.4) is 0 Å². The molecule has 2 atom stereocenters. The number of carbonyl (C=O) groups is 2. The molecule has 1 aromatic carbocycles. The Labute approximate surface area is 130 Å². The summed E-state index contributed by atoms with van der Waals surface area (Å²) >= 11 is 0. The highest BCUT2D eigenvalue weighted by Gasteiger charge is 2.53. The van der Waals surface area contributed by atoms with Crippen molar-refractivity contribution in [2.45, 2.75) is 38.5 Å². The van der Waals surface area contributed by atoms with Crippen molar-refractivity contribution in [1.82, 2.24) is 0 Å². The highest BCUT2D eigenvalue weighted by atomic mass is 16.4. The normalized spacial score (nSPS) is 27.0. The molecule has 4 nitrogen and oxygen atoms in total. The summed E-state index contributed by atoms with van der Waals surface area (Å²) < 4.78 is 0. The Hall–Kier alpha value is -2.10. The molecule has 0 aliphatic heterocycles. The van der Waals surface area contributed by atoms with Gasteiger partial charge in [0.25, 0.3) is 0 Å². The van der Waals surface area contributed by atoms with Gasteiger partial charge in [-0.2, -0.15) is 0 Å². The number of aliphatic carboxylic acids is 2. The van der Waals surface area contributed by atoms with Crippen molar-refractivity contribution in [3.05, 3.63) is 47.5 Å². The van der Waals surface area contributed by atoms with Gasteiger partial charge in [-0.3, -0.25) is 9.59 Å². The van der Waals surface area contributed by atoms with Crippen molar-refractivity contribution in [3.63, 3.8) is 0 Å². The van der Waals surface area contributed by atoms with Crippen LogP contribution in [0.5, 0.6) is 0 Å². The second-order valence-corrected chi connectivity index (χ2v) is 6.54. The van der Waals surface area contributed by atoms with E-state index in [1.165, 1.54) is 0 Å². The molecule has 0 saturated carbocycles. The lowest BCUT2D eigenvalue weighted by Gasteiger charge is -2.43. The van der Waals surface area contributed by atoms with E-state index in [0.717, 1.165) is 0 Å². The predicted octanol–water partition coefficient (Wildman–Crippen LogP) is 3.21. The van der Waals surface area contributed by atoms with E-state index in [4.69, 9.17) is 0 Å². The first kappa shape index (κ1) is 16.3. The van der Waals surface area contributed by atoms with Gasteiger partial charge in [0.1, 0.15) is 10.8 Å². The Balaban J connectivity index is 2.88. The molecule has 22 heavy (non-hydrogen) atoms. The van der Waals surface area contributed by atoms with Crippen LogP contribution in [0.15, 0.2) is 36.4 Å². The summed E-state index contributed by atoms with van der Waals surface area (Å²) in [6, 6.07) is 7.02. The molecule has 0 saturated heterocycles. The summed E-state index contributed by atoms with van der Waals surface area (Å²) in [4.78, 5) is 24.1. The fourth-order valence-corrected chi connectivity index (χ4v) is 3.52. The number of hydrogen-bond donors (Lipinski definition) is 2. The number of benzene rings is 1. The van der Waals surface area contributed by atoms with Gasteiger partial charge < -0.3 is 10.2 Å². The lowest BCUT2D eigenvalue weighted by Crippen LogP contribution is -2.49. The number of fused-ring (bicyclic) bond motifs is 1. The number of carboxylic acids is 2. The largest absolute Gasteiger partial charge is 0.480 e. The van der Waals surface area contributed by atoms with Gasteiger partial charge in [0.15, 0.2) is 0 Å². The molecule has 0 aromatic heterocycles. The molecule has 1 aliphatic carbocycles. The lowest BCUT2D eigenvalue weighted by molar-refractivity contribution is -0.146. The second-order valence-electron chi connectivity index (χ2n) is 6.54. The van der Waals surface area contributed by atoms with E-state index in [1.807, 2.05) is 27.7 Å². The molecule has 2 N–H and O–H groups in total. The van der Waals surface area contributed by atoms with Gasteiger partial charge in [0, 0.05) is 0 Å². The maximum absolute atomic E-state index is 12.0. The Morgan fingerprint density at radius 2 is 1.14 bits per heavy atom. The minimum absolute atomic E-state index is 0.193. The summed E-state index contributed by atoms with van der Waals surface area (Å²) in [6.45, 7) is 7.38. The molecule has 2 rings (SSSR count). The first-order valence-corrected chi connectivity index (χ1v) is 7.48. The lowest BCUT2D eigenvalue weighted by atomic mass is 9.58. The summed E-state index contributed by atoms with van der Waals surface area (Å²) in [5.41, 5.74) is -1.22. The van der Waals surface area contributed by atoms with Gasteiger partial charge >= 0.3 is 11.9 Å². The molecule has 0 unspecified atom stereocenters. The van der Waals surface area contributed by atoms with Crippen LogP contribution in [0.25, 0.3) is 0 Å². The third-order valence-corrected chi connectivity index (χ3v) is 4.96. The van der Waals surface area contributed by atoms with E-state index in [-0.39, 0.29) is 11.8 Å². The topological polar surface area (TPSA) is 74.6 Å². The maximum atomic E-state index is 12.0. The highest BCUT2D eigenvalue weighted by molar-refractivity contribution is 5.92. The second kappa shape index (κ2) is 5.27. The van der Waals surface area contributed by atoms with Crippen molar-refractivity contribution >= 4 is 11.9 Å². The van der Waals surface area contributed by atoms with Crippen molar-refractivity contribution in [3.8, 4) is 0 Å². The first-order chi connectivity index (χ1) is 10.2. The van der Waals surface area contributed by atoms with Gasteiger partial charge in [0.2, 0.25) is 0 Å². The van der Waals surface area contributed by atoms with Crippen molar-refractivity contribution in [2.75, 3.05) is 0 Å². The van der Waals surface area contributed by atoms with Crippen LogP contribution in [0, 0.1) is 11.8 Å². The molecule has 0 heterocycles. The van der Waals surface area contributed by atoms with Crippen LogP contribution < -0.4 is 0 Å². The summed E-state index contributed by atoms with van der Waals surface area (Å²) in [7, 11) is 0. The predicted molar refractivity (Wildman–Crippen MR) is 83.9 cm³/mol. The Morgan fingerprint density at radius 3 is 1.36 bits per heavy atom. The minimum atomic E-state index is -1.19. The van der Waals surface area contributed by atoms with Crippen LogP contribution in [-0.2, 0) is 20.4 Å². The molecular weight excluding hydrogens is 280 g/mol. The quantitative estimate of drug-likeness (QED) is 0.837. The van der Waals surface area contributed by atoms with E-state index in [2.05, 4.69) is 0 Å². The number of hydrogen-bond acceptors (Lipinski definition) is 2. The maximum Gasteiger partial charge on any atom is 0.318 e. The molecule has 1 aliphatic rings. The molecular formula is C18H22O4. The monoisotopic (exact) mass is 302 g/mol. The molecule has 0 amide bonds. The fraction of sp³-hybridized carbons (Fsp3) is 0.444. The highest BCUT2D eigenvalue weighted by Crippen LogP contribution is 2.48. The van der Waals surface area contributed by atoms with Crippen LogP contribution in [0.4, 0.5) is 0 Å². The Kier molecular flexibility index (Phi) is 3.90. The average molecular weight is 302 g/mol. The third kappa shape index (κ3) is 1.90. The zero-order valence-corrected chi connectivity index (χ0v) is 13.3. The molecule has 4 heteroatoms. The standard InChI is InChI=1S/C18H22O4/c1-11(2)17(15(19)20)9-10-18(12(3)4,16(21)22)14-8-6-5-7-13(14)17/h5-12H,1-4H3,(H,19,20)(H,21,22)/t17-,18+. The smallest absolute Gasteiger partial charge is 0.318 e. The van der Waals surface area contributed by atoms with Crippen LogP contribution in [0.2, 0.25) is 0 Å². The first-order valence-electron chi connectivity index (χ1n) is 7.48. The van der Waals surface area contributed by atoms with Crippen molar-refractivity contribution < 1.29 is 19.8 Å². The molecule has 0 bridgehead atoms. The van der Waals surface area contributed by atoms with Gasteiger partial charge in [-0.05, 0) is 23.0 Å². The molecule has 118 valence electrons. The van der Waals surface area contributed by atoms with E-state index in [0.29, 0.717) is 11.1 Å². The molecule has 0 fully saturated rings. The zero-order chi connectivity index (χ0) is 16.7. The number of carboxylic acid groups (broad SMARTS) is 2. The average Bonchev–Trinajstić information content (AvgIpc) is 2.44. The van der Waals surface area contributed by atoms with Crippen molar-refractivity contribution in [1.29, 1.82) is 0 Å². The van der Waals surface area contributed by atoms with Gasteiger partial charge in [-0.1, -0.05) is 64.1 Å². The minimum Gasteiger partial charge on any atom is -0.480 e. The molecule has 1 aromatic rings. The molecule has 0 spiro atoms. The fourth-order valence-electron chi connectivity index (χ4n) is 3.52. The van der Waals surface area contributed by atoms with Crippen LogP contribution >= 0.6 is 0 Å². The molecule has 0 radical (unpaired) electrons. The summed E-state index contributed by atoms with van der Waals surface area (Å²) in [5.74, 6) is -2.29. The SMILES string of the molecule is CC(C)[C@]1(C(=O)O)C=C[C@](C(=O)O)(C(C)C)c2ccccc21. The van der Waals surface area contributed by atoms with E-state index in [9.17, 15) is 19.8 Å². The van der Waals surface area contributed by atoms with E-state index in [1.54, 1.807) is 36.4 Å². The van der Waals surface area contributed by atoms with Gasteiger partial charge in [-0.15, -0.1) is 0 Å². The van der Waals surface area contributed by atoms with Crippen LogP contribution in [-0.4, -0.2) is 22.2 Å². The van der Waals surface area contributed by atoms with E-state index < -0.39 is 22.8 Å². The van der Waals surface area contributed by atoms with Gasteiger partial charge in [0.05, 0.1) is 0 Å². The summed E-state index contributed by atoms with van der Waals surface area (Å²) in [6.07, 6.45) is 3.16. The van der Waals surface area contributed by atoms with Gasteiger partial charge in [-0.25, -0.2) is 0 Å². The Bertz CT molecular complexity index is 589. The van der Waals surface area contributed by atoms with Crippen molar-refractivity contribution in [2.24, 2.45) is 11.8 Å². The zero-order valence-electron chi connectivity index (χ0n) is 13.3. The van der Waals surface area contributed by atoms with E-state index >= 15 is 0 Å². The van der Waals surface area contributed by atoms with Crippen LogP contribution in [0.1, 0.15) is 38.8 Å².